The topological polar surface area (TPSA) is 34.1 Å². The highest BCUT2D eigenvalue weighted by molar-refractivity contribution is 6.42. The Hall–Kier alpha value is -2.48. The first-order valence-electron chi connectivity index (χ1n) is 11.5. The summed E-state index contributed by atoms with van der Waals surface area (Å²) in [5.74, 6) is 0.185. The van der Waals surface area contributed by atoms with Gasteiger partial charge in [-0.2, -0.15) is 0 Å². The lowest BCUT2D eigenvalue weighted by Crippen LogP contribution is -2.17. The molecule has 2 aromatic rings. The number of hydrogen-bond acceptors (Lipinski definition) is 2. The van der Waals surface area contributed by atoms with Gasteiger partial charge in [0.25, 0.3) is 0 Å². The molecule has 0 aromatic heterocycles. The fourth-order valence-corrected chi connectivity index (χ4v) is 4.14. The summed E-state index contributed by atoms with van der Waals surface area (Å²) in [6, 6.07) is 20.1. The maximum atomic E-state index is 12.5. The summed E-state index contributed by atoms with van der Waals surface area (Å²) in [5, 5.41) is 0. The molecule has 0 saturated heterocycles. The van der Waals surface area contributed by atoms with Crippen LogP contribution in [0.25, 0.3) is 6.08 Å². The summed E-state index contributed by atoms with van der Waals surface area (Å²) < 4.78 is 0. The third-order valence-electron chi connectivity index (χ3n) is 5.93. The summed E-state index contributed by atoms with van der Waals surface area (Å²) in [5.41, 5.74) is 2.22. The predicted molar refractivity (Wildman–Crippen MR) is 126 cm³/mol. The molecule has 2 rings (SSSR count). The smallest absolute Gasteiger partial charge is 0.221 e. The van der Waals surface area contributed by atoms with Crippen LogP contribution in [0, 0.1) is 5.92 Å². The van der Waals surface area contributed by atoms with Gasteiger partial charge in [-0.15, -0.1) is 0 Å². The monoisotopic (exact) mass is 404 g/mol. The zero-order valence-electron chi connectivity index (χ0n) is 18.6. The first-order valence-corrected chi connectivity index (χ1v) is 11.5. The third kappa shape index (κ3) is 8.10. The van der Waals surface area contributed by atoms with Gasteiger partial charge in [0.15, 0.2) is 0 Å². The largest absolute Gasteiger partial charge is 0.291 e. The van der Waals surface area contributed by atoms with Gasteiger partial charge in [-0.1, -0.05) is 113 Å². The van der Waals surface area contributed by atoms with Gasteiger partial charge in [-0.25, -0.2) is 0 Å². The molecular weight excluding hydrogens is 368 g/mol. The second kappa shape index (κ2) is 13.7. The highest BCUT2D eigenvalue weighted by atomic mass is 16.2. The number of allylic oxidation sites excluding steroid dienone is 1. The summed E-state index contributed by atoms with van der Waals surface area (Å²) in [7, 11) is 0. The molecule has 2 nitrogen and oxygen atoms in total. The lowest BCUT2D eigenvalue weighted by atomic mass is 9.78. The van der Waals surface area contributed by atoms with Gasteiger partial charge in [-0.05, 0) is 41.9 Å². The van der Waals surface area contributed by atoms with E-state index in [-0.39, 0.29) is 5.78 Å². The lowest BCUT2D eigenvalue weighted by Gasteiger charge is -2.27. The molecule has 0 saturated carbocycles. The molecule has 0 fully saturated rings. The average Bonchev–Trinajstić information content (AvgIpc) is 2.80. The molecule has 0 aliphatic heterocycles. The molecule has 2 aromatic carbocycles. The van der Waals surface area contributed by atoms with Crippen molar-refractivity contribution < 1.29 is 9.59 Å². The van der Waals surface area contributed by atoms with E-state index in [2.05, 4.69) is 38.1 Å². The Morgan fingerprint density at radius 2 is 1.50 bits per heavy atom. The highest BCUT2D eigenvalue weighted by Crippen LogP contribution is 2.35. The molecule has 0 aliphatic carbocycles. The van der Waals surface area contributed by atoms with Crippen LogP contribution in [0.2, 0.25) is 0 Å². The van der Waals surface area contributed by atoms with Crippen molar-refractivity contribution in [3.63, 3.8) is 0 Å². The van der Waals surface area contributed by atoms with Crippen molar-refractivity contribution in [3.8, 4) is 0 Å². The molecular formula is C28H36O2. The SMILES string of the molecule is CCCCCCC(CC)C(CCC(=O)C(=O)C=Cc1ccccc1)c1ccccc1. The number of Topliss-reactive ketones (excluding diaryl/α,β-unsaturated/α-hetero) is 1. The van der Waals surface area contributed by atoms with E-state index in [0.717, 1.165) is 18.4 Å². The standard InChI is InChI=1S/C28H36O2/c1-3-5-6-11-16-24(4-2)26(25-17-12-8-13-18-25)20-22-28(30)27(29)21-19-23-14-9-7-10-15-23/h7-10,12-15,17-19,21,24,26H,3-6,11,16,20,22H2,1-2H3. The highest BCUT2D eigenvalue weighted by Gasteiger charge is 2.23. The van der Waals surface area contributed by atoms with Crippen LogP contribution in [0.5, 0.6) is 0 Å². The van der Waals surface area contributed by atoms with Gasteiger partial charge in [0.05, 0.1) is 0 Å². The Kier molecular flexibility index (Phi) is 10.9. The van der Waals surface area contributed by atoms with Crippen molar-refractivity contribution in [3.05, 3.63) is 77.9 Å². The van der Waals surface area contributed by atoms with Crippen molar-refractivity contribution in [2.45, 2.75) is 71.1 Å². The van der Waals surface area contributed by atoms with Crippen LogP contribution in [0.4, 0.5) is 0 Å². The molecule has 2 atom stereocenters. The molecule has 0 amide bonds. The van der Waals surface area contributed by atoms with Crippen molar-refractivity contribution in [2.75, 3.05) is 0 Å². The maximum absolute atomic E-state index is 12.5. The van der Waals surface area contributed by atoms with Crippen LogP contribution in [-0.4, -0.2) is 11.6 Å². The van der Waals surface area contributed by atoms with Gasteiger partial charge in [0.2, 0.25) is 11.6 Å². The number of unbranched alkanes of at least 4 members (excludes halogenated alkanes) is 3. The maximum Gasteiger partial charge on any atom is 0.221 e. The van der Waals surface area contributed by atoms with Gasteiger partial charge in [0, 0.05) is 6.42 Å². The molecule has 0 radical (unpaired) electrons. The zero-order valence-corrected chi connectivity index (χ0v) is 18.6. The van der Waals surface area contributed by atoms with Gasteiger partial charge in [-0.3, -0.25) is 9.59 Å². The first kappa shape index (κ1) is 23.8. The summed E-state index contributed by atoms with van der Waals surface area (Å²) in [6.07, 6.45) is 11.5. The van der Waals surface area contributed by atoms with Crippen molar-refractivity contribution in [2.24, 2.45) is 5.92 Å². The first-order chi connectivity index (χ1) is 14.7. The second-order valence-corrected chi connectivity index (χ2v) is 8.10. The molecule has 0 N–H and O–H groups in total. The molecule has 0 spiro atoms. The number of benzene rings is 2. The number of carbonyl (C=O) groups excluding carboxylic acids is 2. The average molecular weight is 405 g/mol. The zero-order chi connectivity index (χ0) is 21.6. The van der Waals surface area contributed by atoms with Crippen LogP contribution < -0.4 is 0 Å². The van der Waals surface area contributed by atoms with E-state index in [1.165, 1.54) is 43.7 Å². The fourth-order valence-electron chi connectivity index (χ4n) is 4.14. The van der Waals surface area contributed by atoms with Crippen LogP contribution in [-0.2, 0) is 9.59 Å². The number of ketones is 2. The van der Waals surface area contributed by atoms with Crippen LogP contribution in [0.3, 0.4) is 0 Å². The van der Waals surface area contributed by atoms with Crippen LogP contribution in [0.15, 0.2) is 66.7 Å². The molecule has 0 aliphatic rings. The molecule has 2 unspecified atom stereocenters. The molecule has 0 heterocycles. The predicted octanol–water partition coefficient (Wildman–Crippen LogP) is 7.40. The van der Waals surface area contributed by atoms with E-state index in [1.54, 1.807) is 6.08 Å². The number of rotatable bonds is 14. The second-order valence-electron chi connectivity index (χ2n) is 8.10. The summed E-state index contributed by atoms with van der Waals surface area (Å²) >= 11 is 0. The Morgan fingerprint density at radius 1 is 0.833 bits per heavy atom. The molecule has 30 heavy (non-hydrogen) atoms. The van der Waals surface area contributed by atoms with Crippen molar-refractivity contribution in [1.29, 1.82) is 0 Å². The van der Waals surface area contributed by atoms with Gasteiger partial charge in [0.1, 0.15) is 0 Å². The number of carbonyl (C=O) groups is 2. The Balaban J connectivity index is 2.00. The van der Waals surface area contributed by atoms with E-state index >= 15 is 0 Å². The third-order valence-corrected chi connectivity index (χ3v) is 5.93. The van der Waals surface area contributed by atoms with E-state index < -0.39 is 5.78 Å². The normalized spacial score (nSPS) is 13.3. The van der Waals surface area contributed by atoms with Crippen LogP contribution in [0.1, 0.15) is 82.3 Å². The quantitative estimate of drug-likeness (QED) is 0.187. The Morgan fingerprint density at radius 3 is 2.13 bits per heavy atom. The Labute approximate surface area is 182 Å². The molecule has 0 bridgehead atoms. The van der Waals surface area contributed by atoms with Crippen molar-refractivity contribution in [1.82, 2.24) is 0 Å². The Bertz CT molecular complexity index is 777. The molecule has 2 heteroatoms. The lowest BCUT2D eigenvalue weighted by molar-refractivity contribution is -0.133. The van der Waals surface area contributed by atoms with Crippen molar-refractivity contribution >= 4 is 17.6 Å². The number of hydrogen-bond donors (Lipinski definition) is 0. The fraction of sp³-hybridized carbons (Fsp3) is 0.429. The minimum Gasteiger partial charge on any atom is -0.291 e. The molecule has 160 valence electrons. The summed E-state index contributed by atoms with van der Waals surface area (Å²) in [4.78, 5) is 24.8. The van der Waals surface area contributed by atoms with Crippen LogP contribution >= 0.6 is 0 Å². The summed E-state index contributed by atoms with van der Waals surface area (Å²) in [6.45, 7) is 4.48. The van der Waals surface area contributed by atoms with E-state index in [1.807, 2.05) is 36.4 Å². The van der Waals surface area contributed by atoms with Gasteiger partial charge >= 0.3 is 0 Å². The van der Waals surface area contributed by atoms with Gasteiger partial charge < -0.3 is 0 Å². The minimum absolute atomic E-state index is 0.288. The minimum atomic E-state index is -0.401. The van der Waals surface area contributed by atoms with E-state index in [0.29, 0.717) is 18.3 Å². The van der Waals surface area contributed by atoms with E-state index in [9.17, 15) is 9.59 Å². The van der Waals surface area contributed by atoms with E-state index in [4.69, 9.17) is 0 Å².